The van der Waals surface area contributed by atoms with Gasteiger partial charge in [-0.15, -0.1) is 0 Å². The second kappa shape index (κ2) is 2.72. The van der Waals surface area contributed by atoms with Gasteiger partial charge < -0.3 is 9.84 Å². The third kappa shape index (κ3) is 2.41. The maximum absolute atomic E-state index is 9.98. The molecule has 64 valence electrons. The Morgan fingerprint density at radius 1 is 1.64 bits per heavy atom. The van der Waals surface area contributed by atoms with E-state index in [-0.39, 0.29) is 0 Å². The number of ether oxygens (including phenoxy) is 1. The number of carboxylic acid groups (broad SMARTS) is 1. The predicted molar refractivity (Wildman–Crippen MR) is 40.5 cm³/mol. The minimum Gasteiger partial charge on any atom is -0.450 e. The van der Waals surface area contributed by atoms with E-state index in [1.807, 2.05) is 0 Å². The summed E-state index contributed by atoms with van der Waals surface area (Å²) >= 11 is 0. The van der Waals surface area contributed by atoms with Crippen molar-refractivity contribution >= 4 is 6.16 Å². The first-order valence-corrected chi connectivity index (χ1v) is 3.85. The molecule has 0 saturated heterocycles. The molecule has 0 aromatic carbocycles. The van der Waals surface area contributed by atoms with E-state index in [4.69, 9.17) is 5.11 Å². The molecule has 0 aliphatic heterocycles. The summed E-state index contributed by atoms with van der Waals surface area (Å²) in [7, 11) is 0. The Hall–Kier alpha value is -0.730. The van der Waals surface area contributed by atoms with Crippen molar-refractivity contribution in [2.75, 3.05) is 6.61 Å². The largest absolute Gasteiger partial charge is 0.505 e. The van der Waals surface area contributed by atoms with Crippen molar-refractivity contribution in [3.8, 4) is 0 Å². The monoisotopic (exact) mass is 158 g/mol. The molecule has 0 bridgehead atoms. The van der Waals surface area contributed by atoms with E-state index < -0.39 is 6.16 Å². The molecule has 1 aliphatic rings. The summed E-state index contributed by atoms with van der Waals surface area (Å²) in [6.45, 7) is 4.74. The van der Waals surface area contributed by atoms with Crippen LogP contribution in [0.2, 0.25) is 0 Å². The van der Waals surface area contributed by atoms with Crippen LogP contribution in [0.4, 0.5) is 4.79 Å². The summed E-state index contributed by atoms with van der Waals surface area (Å²) in [5.41, 5.74) is 0.409. The Morgan fingerprint density at radius 3 is 2.55 bits per heavy atom. The fourth-order valence-electron chi connectivity index (χ4n) is 1.81. The van der Waals surface area contributed by atoms with Crippen LogP contribution in [0.1, 0.15) is 26.7 Å². The highest BCUT2D eigenvalue weighted by molar-refractivity contribution is 5.56. The van der Waals surface area contributed by atoms with E-state index in [9.17, 15) is 4.79 Å². The fourth-order valence-corrected chi connectivity index (χ4v) is 1.81. The van der Waals surface area contributed by atoms with E-state index in [1.54, 1.807) is 0 Å². The van der Waals surface area contributed by atoms with Crippen LogP contribution in [-0.2, 0) is 4.74 Å². The van der Waals surface area contributed by atoms with Crippen molar-refractivity contribution in [1.82, 2.24) is 0 Å². The Balaban J connectivity index is 2.09. The lowest BCUT2D eigenvalue weighted by Gasteiger charge is -2.41. The van der Waals surface area contributed by atoms with Crippen molar-refractivity contribution in [2.24, 2.45) is 11.3 Å². The zero-order chi connectivity index (χ0) is 8.48. The highest BCUT2D eigenvalue weighted by Crippen LogP contribution is 2.44. The van der Waals surface area contributed by atoms with E-state index >= 15 is 0 Å². The van der Waals surface area contributed by atoms with E-state index in [0.717, 1.165) is 12.8 Å². The SMILES string of the molecule is CC1(C)CC(COC(=O)O)C1. The number of hydrogen-bond donors (Lipinski definition) is 1. The first kappa shape index (κ1) is 8.37. The molecule has 0 heterocycles. The Morgan fingerprint density at radius 2 is 2.18 bits per heavy atom. The minimum absolute atomic E-state index is 0.374. The molecule has 3 nitrogen and oxygen atoms in total. The van der Waals surface area contributed by atoms with E-state index in [2.05, 4.69) is 18.6 Å². The maximum atomic E-state index is 9.98. The van der Waals surface area contributed by atoms with Crippen LogP contribution in [0.5, 0.6) is 0 Å². The third-order valence-corrected chi connectivity index (χ3v) is 2.13. The van der Waals surface area contributed by atoms with Gasteiger partial charge in [-0.05, 0) is 24.2 Å². The molecule has 0 aromatic rings. The molecule has 1 fully saturated rings. The average molecular weight is 158 g/mol. The number of carbonyl (C=O) groups is 1. The van der Waals surface area contributed by atoms with Crippen LogP contribution in [0, 0.1) is 11.3 Å². The summed E-state index contributed by atoms with van der Waals surface area (Å²) in [5.74, 6) is 0.459. The highest BCUT2D eigenvalue weighted by Gasteiger charge is 2.36. The van der Waals surface area contributed by atoms with Crippen LogP contribution in [-0.4, -0.2) is 17.9 Å². The standard InChI is InChI=1S/C8H14O3/c1-8(2)3-6(4-8)5-11-7(9)10/h6H,3-5H2,1-2H3,(H,9,10). The quantitative estimate of drug-likeness (QED) is 0.626. The van der Waals surface area contributed by atoms with Gasteiger partial charge in [-0.3, -0.25) is 0 Å². The van der Waals surface area contributed by atoms with Gasteiger partial charge in [-0.1, -0.05) is 13.8 Å². The Bertz CT molecular complexity index is 155. The lowest BCUT2D eigenvalue weighted by Crippen LogP contribution is -2.34. The summed E-state index contributed by atoms with van der Waals surface area (Å²) < 4.78 is 4.46. The first-order chi connectivity index (χ1) is 4.99. The minimum atomic E-state index is -1.16. The van der Waals surface area contributed by atoms with E-state index in [0.29, 0.717) is 17.9 Å². The van der Waals surface area contributed by atoms with E-state index in [1.165, 1.54) is 0 Å². The van der Waals surface area contributed by atoms with Gasteiger partial charge >= 0.3 is 6.16 Å². The molecule has 3 heteroatoms. The molecule has 1 rings (SSSR count). The van der Waals surface area contributed by atoms with Crippen molar-refractivity contribution in [3.63, 3.8) is 0 Å². The number of rotatable bonds is 2. The first-order valence-electron chi connectivity index (χ1n) is 3.85. The van der Waals surface area contributed by atoms with Crippen molar-refractivity contribution < 1.29 is 14.6 Å². The topological polar surface area (TPSA) is 46.5 Å². The van der Waals surface area contributed by atoms with Crippen LogP contribution in [0.15, 0.2) is 0 Å². The third-order valence-electron chi connectivity index (χ3n) is 2.13. The van der Waals surface area contributed by atoms with Gasteiger partial charge in [0.25, 0.3) is 0 Å². The molecule has 1 N–H and O–H groups in total. The zero-order valence-electron chi connectivity index (χ0n) is 6.96. The van der Waals surface area contributed by atoms with Gasteiger partial charge in [0, 0.05) is 0 Å². The summed E-state index contributed by atoms with van der Waals surface area (Å²) in [6, 6.07) is 0. The zero-order valence-corrected chi connectivity index (χ0v) is 6.96. The fraction of sp³-hybridized carbons (Fsp3) is 0.875. The molecule has 0 spiro atoms. The smallest absolute Gasteiger partial charge is 0.450 e. The number of hydrogen-bond acceptors (Lipinski definition) is 2. The molecule has 0 amide bonds. The summed E-state index contributed by atoms with van der Waals surface area (Å²) in [6.07, 6.45) is 1.01. The molecular weight excluding hydrogens is 144 g/mol. The van der Waals surface area contributed by atoms with Gasteiger partial charge in [0.15, 0.2) is 0 Å². The van der Waals surface area contributed by atoms with Gasteiger partial charge in [0.2, 0.25) is 0 Å². The normalized spacial score (nSPS) is 22.4. The Labute approximate surface area is 66.4 Å². The molecule has 1 aliphatic carbocycles. The Kier molecular flexibility index (Phi) is 2.07. The lowest BCUT2D eigenvalue weighted by molar-refractivity contribution is 0.0153. The van der Waals surface area contributed by atoms with Crippen LogP contribution >= 0.6 is 0 Å². The summed E-state index contributed by atoms with van der Waals surface area (Å²) in [5, 5.41) is 8.19. The lowest BCUT2D eigenvalue weighted by atomic mass is 9.65. The second-order valence-corrected chi connectivity index (χ2v) is 4.02. The maximum Gasteiger partial charge on any atom is 0.505 e. The van der Waals surface area contributed by atoms with Gasteiger partial charge in [-0.2, -0.15) is 0 Å². The molecule has 0 unspecified atom stereocenters. The van der Waals surface area contributed by atoms with Crippen LogP contribution in [0.3, 0.4) is 0 Å². The molecule has 0 radical (unpaired) electrons. The molecule has 11 heavy (non-hydrogen) atoms. The second-order valence-electron chi connectivity index (χ2n) is 4.02. The molecular formula is C8H14O3. The van der Waals surface area contributed by atoms with Gasteiger partial charge in [-0.25, -0.2) is 4.79 Å². The molecule has 0 atom stereocenters. The van der Waals surface area contributed by atoms with Crippen molar-refractivity contribution in [2.45, 2.75) is 26.7 Å². The van der Waals surface area contributed by atoms with Gasteiger partial charge in [0.1, 0.15) is 0 Å². The van der Waals surface area contributed by atoms with Crippen LogP contribution in [0.25, 0.3) is 0 Å². The van der Waals surface area contributed by atoms with Gasteiger partial charge in [0.05, 0.1) is 6.61 Å². The van der Waals surface area contributed by atoms with Crippen LogP contribution < -0.4 is 0 Å². The average Bonchev–Trinajstić information content (AvgIpc) is 1.78. The highest BCUT2D eigenvalue weighted by atomic mass is 16.7. The molecule has 0 aromatic heterocycles. The van der Waals surface area contributed by atoms with Crippen molar-refractivity contribution in [1.29, 1.82) is 0 Å². The predicted octanol–water partition coefficient (Wildman–Crippen LogP) is 2.12. The summed E-state index contributed by atoms with van der Waals surface area (Å²) in [4.78, 5) is 9.98. The van der Waals surface area contributed by atoms with Crippen molar-refractivity contribution in [3.05, 3.63) is 0 Å². The molecule has 1 saturated carbocycles.